The van der Waals surface area contributed by atoms with Crippen LogP contribution in [0, 0.1) is 6.92 Å². The van der Waals surface area contributed by atoms with Gasteiger partial charge in [-0.25, -0.2) is 4.79 Å². The first-order valence-corrected chi connectivity index (χ1v) is 7.93. The molecule has 8 heteroatoms. The molecule has 24 heavy (non-hydrogen) atoms. The Morgan fingerprint density at radius 3 is 2.96 bits per heavy atom. The van der Waals surface area contributed by atoms with Crippen molar-refractivity contribution >= 4 is 17.8 Å². The number of rotatable bonds is 4. The zero-order valence-corrected chi connectivity index (χ0v) is 13.8. The van der Waals surface area contributed by atoms with Crippen molar-refractivity contribution in [1.29, 1.82) is 0 Å². The lowest BCUT2D eigenvalue weighted by Crippen LogP contribution is -2.47. The van der Waals surface area contributed by atoms with E-state index >= 15 is 0 Å². The van der Waals surface area contributed by atoms with Crippen LogP contribution in [0.3, 0.4) is 0 Å². The quantitative estimate of drug-likeness (QED) is 0.891. The van der Waals surface area contributed by atoms with Gasteiger partial charge in [0.05, 0.1) is 18.5 Å². The van der Waals surface area contributed by atoms with Gasteiger partial charge < -0.3 is 14.6 Å². The SMILES string of the molecule is Cc1cc(NC(=O)N2CCCC2C(=O)NCc2ccco2)n(C)n1. The van der Waals surface area contributed by atoms with Crippen molar-refractivity contribution in [2.45, 2.75) is 32.4 Å². The number of carbonyl (C=O) groups excluding carboxylic acids is 2. The van der Waals surface area contributed by atoms with E-state index < -0.39 is 6.04 Å². The summed E-state index contributed by atoms with van der Waals surface area (Å²) in [5.41, 5.74) is 0.821. The van der Waals surface area contributed by atoms with Crippen LogP contribution in [0.2, 0.25) is 0 Å². The molecule has 0 aromatic carbocycles. The van der Waals surface area contributed by atoms with E-state index in [1.54, 1.807) is 41.1 Å². The van der Waals surface area contributed by atoms with Crippen LogP contribution in [0.25, 0.3) is 0 Å². The lowest BCUT2D eigenvalue weighted by molar-refractivity contribution is -0.124. The maximum Gasteiger partial charge on any atom is 0.323 e. The largest absolute Gasteiger partial charge is 0.467 e. The molecule has 1 saturated heterocycles. The molecule has 1 atom stereocenters. The number of anilines is 1. The maximum absolute atomic E-state index is 12.5. The van der Waals surface area contributed by atoms with E-state index in [9.17, 15) is 9.59 Å². The Morgan fingerprint density at radius 1 is 1.46 bits per heavy atom. The number of hydrogen-bond acceptors (Lipinski definition) is 4. The van der Waals surface area contributed by atoms with Crippen LogP contribution in [0.5, 0.6) is 0 Å². The minimum absolute atomic E-state index is 0.166. The van der Waals surface area contributed by atoms with Crippen LogP contribution < -0.4 is 10.6 Å². The molecule has 0 aliphatic carbocycles. The number of nitrogens with one attached hydrogen (secondary N) is 2. The fraction of sp³-hybridized carbons (Fsp3) is 0.438. The molecule has 3 rings (SSSR count). The summed E-state index contributed by atoms with van der Waals surface area (Å²) in [4.78, 5) is 26.5. The topological polar surface area (TPSA) is 92.4 Å². The van der Waals surface area contributed by atoms with E-state index in [1.165, 1.54) is 0 Å². The first-order valence-electron chi connectivity index (χ1n) is 7.93. The van der Waals surface area contributed by atoms with Crippen molar-refractivity contribution in [3.8, 4) is 0 Å². The summed E-state index contributed by atoms with van der Waals surface area (Å²) in [5, 5.41) is 9.83. The van der Waals surface area contributed by atoms with Crippen molar-refractivity contribution in [2.24, 2.45) is 7.05 Å². The number of aromatic nitrogens is 2. The second-order valence-electron chi connectivity index (χ2n) is 5.87. The second-order valence-corrected chi connectivity index (χ2v) is 5.87. The molecule has 2 aromatic heterocycles. The molecular weight excluding hydrogens is 310 g/mol. The van der Waals surface area contributed by atoms with Crippen LogP contribution in [-0.4, -0.2) is 39.2 Å². The molecule has 0 bridgehead atoms. The van der Waals surface area contributed by atoms with E-state index in [1.807, 2.05) is 6.92 Å². The Labute approximate surface area is 139 Å². The summed E-state index contributed by atoms with van der Waals surface area (Å²) in [6, 6.07) is 4.61. The number of carbonyl (C=O) groups is 2. The van der Waals surface area contributed by atoms with E-state index in [0.717, 1.165) is 12.1 Å². The normalized spacial score (nSPS) is 17.1. The number of urea groups is 1. The summed E-state index contributed by atoms with van der Waals surface area (Å²) in [5.74, 6) is 1.13. The molecule has 0 spiro atoms. The highest BCUT2D eigenvalue weighted by Gasteiger charge is 2.34. The first-order chi connectivity index (χ1) is 11.5. The lowest BCUT2D eigenvalue weighted by Gasteiger charge is -2.24. The number of nitrogens with zero attached hydrogens (tertiary/aromatic N) is 3. The third-order valence-corrected chi connectivity index (χ3v) is 4.07. The van der Waals surface area contributed by atoms with Crippen LogP contribution in [0.15, 0.2) is 28.9 Å². The van der Waals surface area contributed by atoms with E-state index in [0.29, 0.717) is 31.1 Å². The number of aryl methyl sites for hydroxylation is 2. The third kappa shape index (κ3) is 3.42. The zero-order valence-electron chi connectivity index (χ0n) is 13.8. The Balaban J connectivity index is 1.60. The Hall–Kier alpha value is -2.77. The summed E-state index contributed by atoms with van der Waals surface area (Å²) in [6.07, 6.45) is 3.02. The van der Waals surface area contributed by atoms with Crippen molar-refractivity contribution in [1.82, 2.24) is 20.0 Å². The molecule has 1 unspecified atom stereocenters. The van der Waals surface area contributed by atoms with Crippen LogP contribution in [0.1, 0.15) is 24.3 Å². The molecule has 3 amide bonds. The summed E-state index contributed by atoms with van der Waals surface area (Å²) < 4.78 is 6.80. The standard InChI is InChI=1S/C16H21N5O3/c1-11-9-14(20(2)19-11)18-16(23)21-7-3-6-13(21)15(22)17-10-12-5-4-8-24-12/h4-5,8-9,13H,3,6-7,10H2,1-2H3,(H,17,22)(H,18,23). The summed E-state index contributed by atoms with van der Waals surface area (Å²) in [6.45, 7) is 2.73. The monoisotopic (exact) mass is 331 g/mol. The lowest BCUT2D eigenvalue weighted by atomic mass is 10.2. The van der Waals surface area contributed by atoms with E-state index in [2.05, 4.69) is 15.7 Å². The fourth-order valence-electron chi connectivity index (χ4n) is 2.90. The molecule has 2 aromatic rings. The number of likely N-dealkylation sites (tertiary alicyclic amines) is 1. The van der Waals surface area contributed by atoms with Crippen LogP contribution >= 0.6 is 0 Å². The Bertz CT molecular complexity index is 722. The van der Waals surface area contributed by atoms with Crippen LogP contribution in [-0.2, 0) is 18.4 Å². The van der Waals surface area contributed by atoms with Gasteiger partial charge in [0.25, 0.3) is 0 Å². The van der Waals surface area contributed by atoms with Crippen molar-refractivity contribution in [3.05, 3.63) is 35.9 Å². The average molecular weight is 331 g/mol. The smallest absolute Gasteiger partial charge is 0.323 e. The van der Waals surface area contributed by atoms with Gasteiger partial charge in [0, 0.05) is 19.7 Å². The van der Waals surface area contributed by atoms with Gasteiger partial charge in [0.1, 0.15) is 17.6 Å². The highest BCUT2D eigenvalue weighted by molar-refractivity contribution is 5.93. The van der Waals surface area contributed by atoms with E-state index in [-0.39, 0.29) is 11.9 Å². The van der Waals surface area contributed by atoms with Gasteiger partial charge in [-0.3, -0.25) is 14.8 Å². The molecule has 128 valence electrons. The molecule has 1 aliphatic rings. The van der Waals surface area contributed by atoms with Gasteiger partial charge in [-0.2, -0.15) is 5.10 Å². The molecule has 0 saturated carbocycles. The zero-order chi connectivity index (χ0) is 17.1. The number of amides is 3. The molecule has 8 nitrogen and oxygen atoms in total. The third-order valence-electron chi connectivity index (χ3n) is 4.07. The Kier molecular flexibility index (Phi) is 4.54. The van der Waals surface area contributed by atoms with Crippen molar-refractivity contribution < 1.29 is 14.0 Å². The number of furan rings is 1. The molecular formula is C16H21N5O3. The molecule has 1 fully saturated rings. The van der Waals surface area contributed by atoms with Gasteiger partial charge in [-0.05, 0) is 31.9 Å². The molecule has 2 N–H and O–H groups in total. The summed E-state index contributed by atoms with van der Waals surface area (Å²) in [7, 11) is 1.76. The number of hydrogen-bond donors (Lipinski definition) is 2. The molecule has 1 aliphatic heterocycles. The van der Waals surface area contributed by atoms with Gasteiger partial charge in [0.15, 0.2) is 0 Å². The van der Waals surface area contributed by atoms with Gasteiger partial charge in [-0.1, -0.05) is 0 Å². The van der Waals surface area contributed by atoms with Crippen LogP contribution in [0.4, 0.5) is 10.6 Å². The summed E-state index contributed by atoms with van der Waals surface area (Å²) >= 11 is 0. The minimum Gasteiger partial charge on any atom is -0.467 e. The predicted molar refractivity (Wildman–Crippen MR) is 87.2 cm³/mol. The van der Waals surface area contributed by atoms with E-state index in [4.69, 9.17) is 4.42 Å². The van der Waals surface area contributed by atoms with Crippen molar-refractivity contribution in [2.75, 3.05) is 11.9 Å². The molecule has 3 heterocycles. The highest BCUT2D eigenvalue weighted by atomic mass is 16.3. The predicted octanol–water partition coefficient (Wildman–Crippen LogP) is 1.63. The average Bonchev–Trinajstić information content (AvgIpc) is 3.26. The first kappa shape index (κ1) is 16.1. The van der Waals surface area contributed by atoms with Crippen molar-refractivity contribution in [3.63, 3.8) is 0 Å². The van der Waals surface area contributed by atoms with Gasteiger partial charge >= 0.3 is 6.03 Å². The second kappa shape index (κ2) is 6.77. The molecule has 0 radical (unpaired) electrons. The van der Waals surface area contributed by atoms with Gasteiger partial charge in [-0.15, -0.1) is 0 Å². The fourth-order valence-corrected chi connectivity index (χ4v) is 2.90. The Morgan fingerprint density at radius 2 is 2.29 bits per heavy atom. The minimum atomic E-state index is -0.464. The maximum atomic E-state index is 12.5. The van der Waals surface area contributed by atoms with Gasteiger partial charge in [0.2, 0.25) is 5.91 Å². The highest BCUT2D eigenvalue weighted by Crippen LogP contribution is 2.19.